The van der Waals surface area contributed by atoms with Crippen molar-refractivity contribution in [3.8, 4) is 0 Å². The monoisotopic (exact) mass is 242 g/mol. The minimum Gasteiger partial charge on any atom is -0.481 e. The van der Waals surface area contributed by atoms with Crippen molar-refractivity contribution in [1.29, 1.82) is 0 Å². The van der Waals surface area contributed by atoms with Gasteiger partial charge in [0.2, 0.25) is 0 Å². The van der Waals surface area contributed by atoms with Crippen molar-refractivity contribution >= 4 is 11.5 Å². The van der Waals surface area contributed by atoms with Crippen LogP contribution in [0.4, 0.5) is 0 Å². The van der Waals surface area contributed by atoms with Gasteiger partial charge in [-0.05, 0) is 49.0 Å². The largest absolute Gasteiger partial charge is 0.481 e. The molecule has 0 amide bonds. The second-order valence-electron chi connectivity index (χ2n) is 4.89. The average molecular weight is 242 g/mol. The zero-order valence-electron chi connectivity index (χ0n) is 10.9. The van der Waals surface area contributed by atoms with Gasteiger partial charge in [-0.15, -0.1) is 0 Å². The second kappa shape index (κ2) is 5.21. The molecule has 2 nitrogen and oxygen atoms in total. The standard InChI is InChI=1S/C16H18O2/c1-11-3-6-15(9-12(11)2)14-7-4-13(5-8-14)10-16(17)18/h3-4,6-7,9H,5,8,10H2,1-2H3,(H,17,18). The molecule has 0 fully saturated rings. The van der Waals surface area contributed by atoms with Crippen LogP contribution in [0.3, 0.4) is 0 Å². The Morgan fingerprint density at radius 3 is 2.50 bits per heavy atom. The van der Waals surface area contributed by atoms with Crippen molar-refractivity contribution in [2.75, 3.05) is 0 Å². The normalized spacial score (nSPS) is 15.0. The number of rotatable bonds is 3. The maximum atomic E-state index is 10.6. The number of carbonyl (C=O) groups is 1. The maximum absolute atomic E-state index is 10.6. The number of hydrogen-bond donors (Lipinski definition) is 1. The van der Waals surface area contributed by atoms with E-state index in [0.717, 1.165) is 18.4 Å². The summed E-state index contributed by atoms with van der Waals surface area (Å²) in [5, 5.41) is 8.75. The molecule has 1 aliphatic carbocycles. The van der Waals surface area contributed by atoms with Crippen LogP contribution in [0.15, 0.2) is 35.9 Å². The molecule has 0 saturated carbocycles. The first-order chi connectivity index (χ1) is 8.56. The van der Waals surface area contributed by atoms with Crippen LogP contribution in [0, 0.1) is 13.8 Å². The van der Waals surface area contributed by atoms with Crippen LogP contribution >= 0.6 is 0 Å². The molecule has 1 aliphatic rings. The predicted octanol–water partition coefficient (Wildman–Crippen LogP) is 3.88. The number of allylic oxidation sites excluding steroid dienone is 3. The molecule has 0 radical (unpaired) electrons. The van der Waals surface area contributed by atoms with Crippen molar-refractivity contribution in [2.45, 2.75) is 33.1 Å². The Labute approximate surface area is 108 Å². The molecular formula is C16H18O2. The summed E-state index contributed by atoms with van der Waals surface area (Å²) in [6.45, 7) is 4.23. The number of benzene rings is 1. The Hall–Kier alpha value is -1.83. The van der Waals surface area contributed by atoms with E-state index in [0.29, 0.717) is 0 Å². The van der Waals surface area contributed by atoms with Crippen molar-refractivity contribution in [2.24, 2.45) is 0 Å². The van der Waals surface area contributed by atoms with Gasteiger partial charge in [-0.2, -0.15) is 0 Å². The van der Waals surface area contributed by atoms with E-state index in [9.17, 15) is 4.79 Å². The zero-order chi connectivity index (χ0) is 13.1. The van der Waals surface area contributed by atoms with Gasteiger partial charge in [-0.1, -0.05) is 35.9 Å². The van der Waals surface area contributed by atoms with E-state index in [-0.39, 0.29) is 6.42 Å². The Balaban J connectivity index is 2.20. The molecule has 0 aromatic heterocycles. The number of carboxylic acids is 1. The van der Waals surface area contributed by atoms with Gasteiger partial charge in [0.05, 0.1) is 6.42 Å². The lowest BCUT2D eigenvalue weighted by molar-refractivity contribution is -0.136. The number of hydrogen-bond acceptors (Lipinski definition) is 1. The summed E-state index contributed by atoms with van der Waals surface area (Å²) in [5.41, 5.74) is 6.16. The summed E-state index contributed by atoms with van der Waals surface area (Å²) < 4.78 is 0. The highest BCUT2D eigenvalue weighted by Crippen LogP contribution is 2.28. The van der Waals surface area contributed by atoms with Gasteiger partial charge in [0, 0.05) is 0 Å². The molecule has 0 spiro atoms. The fraction of sp³-hybridized carbons (Fsp3) is 0.312. The first-order valence-corrected chi connectivity index (χ1v) is 6.24. The first-order valence-electron chi connectivity index (χ1n) is 6.24. The first kappa shape index (κ1) is 12.6. The molecule has 1 N–H and O–H groups in total. The van der Waals surface area contributed by atoms with E-state index in [2.05, 4.69) is 38.1 Å². The maximum Gasteiger partial charge on any atom is 0.307 e. The van der Waals surface area contributed by atoms with Crippen LogP contribution in [0.2, 0.25) is 0 Å². The predicted molar refractivity (Wildman–Crippen MR) is 73.5 cm³/mol. The van der Waals surface area contributed by atoms with Gasteiger partial charge >= 0.3 is 5.97 Å². The lowest BCUT2D eigenvalue weighted by Gasteiger charge is -2.15. The third kappa shape index (κ3) is 2.89. The average Bonchev–Trinajstić information content (AvgIpc) is 2.33. The number of carboxylic acid groups (broad SMARTS) is 1. The van der Waals surface area contributed by atoms with E-state index in [1.165, 1.54) is 22.3 Å². The third-order valence-electron chi connectivity index (χ3n) is 3.49. The Morgan fingerprint density at radius 1 is 1.17 bits per heavy atom. The fourth-order valence-corrected chi connectivity index (χ4v) is 2.20. The lowest BCUT2D eigenvalue weighted by Crippen LogP contribution is -2.01. The summed E-state index contributed by atoms with van der Waals surface area (Å²) in [5.74, 6) is -0.746. The van der Waals surface area contributed by atoms with Crippen LogP contribution in [-0.2, 0) is 4.79 Å². The Morgan fingerprint density at radius 2 is 1.94 bits per heavy atom. The molecule has 18 heavy (non-hydrogen) atoms. The van der Waals surface area contributed by atoms with Crippen LogP contribution in [0.5, 0.6) is 0 Å². The van der Waals surface area contributed by atoms with Gasteiger partial charge in [-0.3, -0.25) is 4.79 Å². The van der Waals surface area contributed by atoms with E-state index in [1.54, 1.807) is 0 Å². The Kier molecular flexibility index (Phi) is 3.66. The summed E-state index contributed by atoms with van der Waals surface area (Å²) in [7, 11) is 0. The van der Waals surface area contributed by atoms with E-state index >= 15 is 0 Å². The molecule has 0 unspecified atom stereocenters. The van der Waals surface area contributed by atoms with Crippen LogP contribution in [0.25, 0.3) is 5.57 Å². The lowest BCUT2D eigenvalue weighted by atomic mass is 9.91. The summed E-state index contributed by atoms with van der Waals surface area (Å²) in [6.07, 6.45) is 5.97. The SMILES string of the molecule is Cc1ccc(C2=CC=C(CC(=O)O)CC2)cc1C. The fourth-order valence-electron chi connectivity index (χ4n) is 2.20. The van der Waals surface area contributed by atoms with Gasteiger partial charge in [-0.25, -0.2) is 0 Å². The van der Waals surface area contributed by atoms with Crippen molar-refractivity contribution < 1.29 is 9.90 Å². The second-order valence-corrected chi connectivity index (χ2v) is 4.89. The topological polar surface area (TPSA) is 37.3 Å². The van der Waals surface area contributed by atoms with E-state index in [4.69, 9.17) is 5.11 Å². The van der Waals surface area contributed by atoms with Gasteiger partial charge in [0.1, 0.15) is 0 Å². The summed E-state index contributed by atoms with van der Waals surface area (Å²) in [4.78, 5) is 10.6. The molecule has 1 aromatic rings. The van der Waals surface area contributed by atoms with E-state index < -0.39 is 5.97 Å². The van der Waals surface area contributed by atoms with Crippen molar-refractivity contribution in [3.63, 3.8) is 0 Å². The number of aryl methyl sites for hydroxylation is 2. The zero-order valence-corrected chi connectivity index (χ0v) is 10.9. The third-order valence-corrected chi connectivity index (χ3v) is 3.49. The molecule has 2 heteroatoms. The van der Waals surface area contributed by atoms with Crippen molar-refractivity contribution in [3.05, 3.63) is 52.6 Å². The van der Waals surface area contributed by atoms with Crippen molar-refractivity contribution in [1.82, 2.24) is 0 Å². The van der Waals surface area contributed by atoms with Gasteiger partial charge in [0.15, 0.2) is 0 Å². The highest BCUT2D eigenvalue weighted by Gasteiger charge is 2.11. The summed E-state index contributed by atoms with van der Waals surface area (Å²) >= 11 is 0. The molecular weight excluding hydrogens is 224 g/mol. The molecule has 2 rings (SSSR count). The quantitative estimate of drug-likeness (QED) is 0.873. The minimum absolute atomic E-state index is 0.163. The van der Waals surface area contributed by atoms with Crippen LogP contribution in [-0.4, -0.2) is 11.1 Å². The number of aliphatic carboxylic acids is 1. The van der Waals surface area contributed by atoms with Gasteiger partial charge < -0.3 is 5.11 Å². The molecule has 0 atom stereocenters. The molecule has 0 saturated heterocycles. The minimum atomic E-state index is -0.746. The molecule has 94 valence electrons. The molecule has 1 aromatic carbocycles. The smallest absolute Gasteiger partial charge is 0.307 e. The highest BCUT2D eigenvalue weighted by atomic mass is 16.4. The molecule has 0 aliphatic heterocycles. The molecule has 0 bridgehead atoms. The van der Waals surface area contributed by atoms with E-state index in [1.807, 2.05) is 6.08 Å². The highest BCUT2D eigenvalue weighted by molar-refractivity contribution is 5.73. The Bertz CT molecular complexity index is 536. The van der Waals surface area contributed by atoms with Crippen LogP contribution < -0.4 is 0 Å². The summed E-state index contributed by atoms with van der Waals surface area (Å²) in [6, 6.07) is 6.49. The molecule has 0 heterocycles. The van der Waals surface area contributed by atoms with Gasteiger partial charge in [0.25, 0.3) is 0 Å². The van der Waals surface area contributed by atoms with Crippen LogP contribution in [0.1, 0.15) is 36.0 Å².